The molecule has 0 aliphatic rings. The molecule has 2 N–H and O–H groups in total. The SMILES string of the molecule is CC(C)C(=O)Nc1cccc(NC(=O)c2ccc3nsnc3c2)c1. The molecule has 0 aliphatic heterocycles. The highest BCUT2D eigenvalue weighted by molar-refractivity contribution is 7.00. The minimum Gasteiger partial charge on any atom is -0.326 e. The van der Waals surface area contributed by atoms with E-state index in [1.165, 1.54) is 0 Å². The predicted octanol–water partition coefficient (Wildman–Crippen LogP) is 3.54. The molecule has 0 atom stereocenters. The second-order valence-corrected chi connectivity index (χ2v) is 6.18. The van der Waals surface area contributed by atoms with E-state index in [1.807, 2.05) is 13.8 Å². The summed E-state index contributed by atoms with van der Waals surface area (Å²) in [5, 5.41) is 5.63. The molecule has 3 rings (SSSR count). The smallest absolute Gasteiger partial charge is 0.255 e. The first-order valence-electron chi connectivity index (χ1n) is 7.47. The first-order chi connectivity index (χ1) is 11.5. The molecule has 2 amide bonds. The van der Waals surface area contributed by atoms with Crippen molar-refractivity contribution in [2.24, 2.45) is 5.92 Å². The summed E-state index contributed by atoms with van der Waals surface area (Å²) in [5.74, 6) is -0.418. The number of rotatable bonds is 4. The molecule has 6 nitrogen and oxygen atoms in total. The van der Waals surface area contributed by atoms with E-state index < -0.39 is 0 Å². The maximum atomic E-state index is 12.4. The Labute approximate surface area is 143 Å². The molecule has 0 bridgehead atoms. The van der Waals surface area contributed by atoms with Crippen molar-refractivity contribution in [3.63, 3.8) is 0 Å². The molecule has 0 saturated heterocycles. The predicted molar refractivity (Wildman–Crippen MR) is 95.3 cm³/mol. The zero-order chi connectivity index (χ0) is 17.1. The molecule has 0 saturated carbocycles. The summed E-state index contributed by atoms with van der Waals surface area (Å²) in [6.45, 7) is 3.65. The number of amides is 2. The maximum absolute atomic E-state index is 12.4. The second-order valence-electron chi connectivity index (χ2n) is 5.65. The Morgan fingerprint density at radius 2 is 1.67 bits per heavy atom. The Morgan fingerprint density at radius 1 is 0.958 bits per heavy atom. The van der Waals surface area contributed by atoms with Crippen molar-refractivity contribution in [2.75, 3.05) is 10.6 Å². The molecule has 0 radical (unpaired) electrons. The van der Waals surface area contributed by atoms with E-state index >= 15 is 0 Å². The molecule has 122 valence electrons. The average Bonchev–Trinajstić information content (AvgIpc) is 3.02. The van der Waals surface area contributed by atoms with Gasteiger partial charge in [0.05, 0.1) is 11.7 Å². The lowest BCUT2D eigenvalue weighted by atomic mass is 10.1. The number of anilines is 2. The molecule has 0 spiro atoms. The number of carbonyl (C=O) groups is 2. The third kappa shape index (κ3) is 3.57. The molecule has 3 aromatic rings. The number of fused-ring (bicyclic) bond motifs is 1. The van der Waals surface area contributed by atoms with Gasteiger partial charge in [0, 0.05) is 22.9 Å². The summed E-state index contributed by atoms with van der Waals surface area (Å²) in [6.07, 6.45) is 0. The zero-order valence-corrected chi connectivity index (χ0v) is 14.1. The lowest BCUT2D eigenvalue weighted by molar-refractivity contribution is -0.118. The van der Waals surface area contributed by atoms with Crippen LogP contribution in [0.25, 0.3) is 11.0 Å². The van der Waals surface area contributed by atoms with Crippen molar-refractivity contribution < 1.29 is 9.59 Å². The molecule has 1 heterocycles. The van der Waals surface area contributed by atoms with Crippen molar-refractivity contribution in [1.29, 1.82) is 0 Å². The Bertz CT molecular complexity index is 904. The topological polar surface area (TPSA) is 84.0 Å². The van der Waals surface area contributed by atoms with Crippen LogP contribution >= 0.6 is 11.7 Å². The highest BCUT2D eigenvalue weighted by atomic mass is 32.1. The van der Waals surface area contributed by atoms with Crippen LogP contribution in [0.5, 0.6) is 0 Å². The first kappa shape index (κ1) is 16.1. The molecule has 2 aromatic carbocycles. The van der Waals surface area contributed by atoms with Crippen LogP contribution < -0.4 is 10.6 Å². The van der Waals surface area contributed by atoms with Gasteiger partial charge in [-0.2, -0.15) is 8.75 Å². The van der Waals surface area contributed by atoms with Crippen LogP contribution in [0.1, 0.15) is 24.2 Å². The average molecular weight is 340 g/mol. The molecule has 1 aromatic heterocycles. The standard InChI is InChI=1S/C17H16N4O2S/c1-10(2)16(22)18-12-4-3-5-13(9-12)19-17(23)11-6-7-14-15(8-11)21-24-20-14/h3-10H,1-2H3,(H,18,22)(H,19,23). The van der Waals surface area contributed by atoms with Crippen LogP contribution in [0.3, 0.4) is 0 Å². The van der Waals surface area contributed by atoms with Gasteiger partial charge in [0.25, 0.3) is 5.91 Å². The summed E-state index contributed by atoms with van der Waals surface area (Å²) in [7, 11) is 0. The Balaban J connectivity index is 1.75. The molecular formula is C17H16N4O2S. The number of nitrogens with one attached hydrogen (secondary N) is 2. The van der Waals surface area contributed by atoms with Crippen molar-refractivity contribution in [1.82, 2.24) is 8.75 Å². The van der Waals surface area contributed by atoms with Crippen LogP contribution in [0.15, 0.2) is 42.5 Å². The summed E-state index contributed by atoms with van der Waals surface area (Å²) in [4.78, 5) is 24.1. The molecule has 0 unspecified atom stereocenters. The third-order valence-electron chi connectivity index (χ3n) is 3.43. The summed E-state index contributed by atoms with van der Waals surface area (Å²) in [6, 6.07) is 12.2. The van der Waals surface area contributed by atoms with Crippen LogP contribution in [-0.2, 0) is 4.79 Å². The van der Waals surface area contributed by atoms with Crippen LogP contribution in [-0.4, -0.2) is 20.6 Å². The molecular weight excluding hydrogens is 324 g/mol. The number of benzene rings is 2. The highest BCUT2D eigenvalue weighted by Gasteiger charge is 2.10. The number of nitrogens with zero attached hydrogens (tertiary/aromatic N) is 2. The number of aromatic nitrogens is 2. The van der Waals surface area contributed by atoms with Gasteiger partial charge in [-0.25, -0.2) is 0 Å². The van der Waals surface area contributed by atoms with E-state index in [2.05, 4.69) is 19.4 Å². The van der Waals surface area contributed by atoms with Crippen molar-refractivity contribution in [3.05, 3.63) is 48.0 Å². The van der Waals surface area contributed by atoms with E-state index in [0.29, 0.717) is 22.5 Å². The number of hydrogen-bond acceptors (Lipinski definition) is 5. The van der Waals surface area contributed by atoms with Gasteiger partial charge in [0.1, 0.15) is 11.0 Å². The van der Waals surface area contributed by atoms with E-state index in [1.54, 1.807) is 42.5 Å². The van der Waals surface area contributed by atoms with Gasteiger partial charge < -0.3 is 10.6 Å². The lowest BCUT2D eigenvalue weighted by Gasteiger charge is -2.10. The molecule has 7 heteroatoms. The highest BCUT2D eigenvalue weighted by Crippen LogP contribution is 2.18. The zero-order valence-electron chi connectivity index (χ0n) is 13.2. The minimum atomic E-state index is -0.239. The van der Waals surface area contributed by atoms with Gasteiger partial charge in [-0.15, -0.1) is 0 Å². The summed E-state index contributed by atoms with van der Waals surface area (Å²) < 4.78 is 8.25. The lowest BCUT2D eigenvalue weighted by Crippen LogP contribution is -2.18. The molecule has 0 fully saturated rings. The van der Waals surface area contributed by atoms with Crippen molar-refractivity contribution in [2.45, 2.75) is 13.8 Å². The summed E-state index contributed by atoms with van der Waals surface area (Å²) in [5.41, 5.74) is 3.23. The number of hydrogen-bond donors (Lipinski definition) is 2. The molecule has 24 heavy (non-hydrogen) atoms. The van der Waals surface area contributed by atoms with Gasteiger partial charge in [-0.3, -0.25) is 9.59 Å². The fourth-order valence-electron chi connectivity index (χ4n) is 2.09. The minimum absolute atomic E-state index is 0.0695. The van der Waals surface area contributed by atoms with Crippen molar-refractivity contribution >= 4 is 46.0 Å². The van der Waals surface area contributed by atoms with E-state index in [9.17, 15) is 9.59 Å². The normalized spacial score (nSPS) is 10.8. The van der Waals surface area contributed by atoms with E-state index in [-0.39, 0.29) is 17.7 Å². The van der Waals surface area contributed by atoms with E-state index in [0.717, 1.165) is 17.2 Å². The van der Waals surface area contributed by atoms with Gasteiger partial charge in [-0.05, 0) is 36.4 Å². The second kappa shape index (κ2) is 6.76. The van der Waals surface area contributed by atoms with Crippen LogP contribution in [0, 0.1) is 5.92 Å². The van der Waals surface area contributed by atoms with Crippen molar-refractivity contribution in [3.8, 4) is 0 Å². The fourth-order valence-corrected chi connectivity index (χ4v) is 2.61. The quantitative estimate of drug-likeness (QED) is 0.761. The number of carbonyl (C=O) groups excluding carboxylic acids is 2. The maximum Gasteiger partial charge on any atom is 0.255 e. The van der Waals surface area contributed by atoms with Crippen LogP contribution in [0.2, 0.25) is 0 Å². The van der Waals surface area contributed by atoms with Gasteiger partial charge >= 0.3 is 0 Å². The Hall–Kier alpha value is -2.80. The third-order valence-corrected chi connectivity index (χ3v) is 3.98. The molecule has 0 aliphatic carbocycles. The van der Waals surface area contributed by atoms with Gasteiger partial charge in [0.15, 0.2) is 0 Å². The van der Waals surface area contributed by atoms with E-state index in [4.69, 9.17) is 0 Å². The largest absolute Gasteiger partial charge is 0.326 e. The van der Waals surface area contributed by atoms with Gasteiger partial charge in [0.2, 0.25) is 5.91 Å². The van der Waals surface area contributed by atoms with Gasteiger partial charge in [-0.1, -0.05) is 19.9 Å². The fraction of sp³-hybridized carbons (Fsp3) is 0.176. The monoisotopic (exact) mass is 340 g/mol. The Kier molecular flexibility index (Phi) is 4.52. The summed E-state index contributed by atoms with van der Waals surface area (Å²) >= 11 is 1.12. The Morgan fingerprint density at radius 3 is 2.42 bits per heavy atom. The first-order valence-corrected chi connectivity index (χ1v) is 8.20. The van der Waals surface area contributed by atoms with Crippen LogP contribution in [0.4, 0.5) is 11.4 Å².